The lowest BCUT2D eigenvalue weighted by molar-refractivity contribution is -0.142. The number of carboxylic acid groups (broad SMARTS) is 1. The maximum Gasteiger partial charge on any atom is 0.330 e. The highest BCUT2D eigenvalue weighted by atomic mass is 32.1. The molecule has 0 bridgehead atoms. The molecule has 2 N–H and O–H groups in total. The monoisotopic (exact) mass is 373 g/mol. The number of carbonyl (C=O) groups is 2. The van der Waals surface area contributed by atoms with Crippen LogP contribution in [-0.4, -0.2) is 23.6 Å². The number of thiophene rings is 1. The third kappa shape index (κ3) is 4.25. The Morgan fingerprint density at radius 1 is 1.31 bits per heavy atom. The highest BCUT2D eigenvalue weighted by Crippen LogP contribution is 2.28. The first kappa shape index (κ1) is 18.5. The molecule has 6 heteroatoms. The Bertz CT molecular complexity index is 827. The zero-order chi connectivity index (χ0) is 18.7. The fourth-order valence-corrected chi connectivity index (χ4v) is 4.25. The van der Waals surface area contributed by atoms with Crippen molar-refractivity contribution in [2.24, 2.45) is 0 Å². The van der Waals surface area contributed by atoms with E-state index in [0.717, 1.165) is 24.2 Å². The average Bonchev–Trinajstić information content (AvgIpc) is 3.17. The second-order valence-corrected chi connectivity index (χ2v) is 8.06. The van der Waals surface area contributed by atoms with Crippen LogP contribution >= 0.6 is 11.3 Å². The number of aliphatic carboxylic acids is 1. The molecular formula is C20H23NO4S. The van der Waals surface area contributed by atoms with E-state index >= 15 is 0 Å². The minimum atomic E-state index is -1.05. The molecule has 2 aromatic rings. The number of carbonyl (C=O) groups excluding carboxylic acids is 1. The van der Waals surface area contributed by atoms with E-state index in [-0.39, 0.29) is 5.91 Å². The molecular weight excluding hydrogens is 350 g/mol. The quantitative estimate of drug-likeness (QED) is 0.778. The highest BCUT2D eigenvalue weighted by Gasteiger charge is 2.24. The Balaban J connectivity index is 1.58. The topological polar surface area (TPSA) is 75.6 Å². The van der Waals surface area contributed by atoms with Crippen molar-refractivity contribution in [2.45, 2.75) is 45.6 Å². The summed E-state index contributed by atoms with van der Waals surface area (Å²) in [6.45, 7) is 4.78. The van der Waals surface area contributed by atoms with E-state index in [9.17, 15) is 14.7 Å². The van der Waals surface area contributed by atoms with Crippen LogP contribution in [0.1, 0.15) is 45.3 Å². The van der Waals surface area contributed by atoms with E-state index in [2.05, 4.69) is 25.2 Å². The number of aryl methyl sites for hydroxylation is 3. The normalized spacial score (nSPS) is 13.8. The Hall–Kier alpha value is -2.34. The number of nitrogens with one attached hydrogen (secondary N) is 1. The average molecular weight is 373 g/mol. The van der Waals surface area contributed by atoms with Gasteiger partial charge in [-0.3, -0.25) is 4.79 Å². The second kappa shape index (κ2) is 7.91. The van der Waals surface area contributed by atoms with Crippen LogP contribution in [0, 0.1) is 13.8 Å². The van der Waals surface area contributed by atoms with Gasteiger partial charge in [-0.15, -0.1) is 11.3 Å². The van der Waals surface area contributed by atoms with Gasteiger partial charge in [-0.1, -0.05) is 6.07 Å². The van der Waals surface area contributed by atoms with Gasteiger partial charge in [-0.2, -0.15) is 0 Å². The smallest absolute Gasteiger partial charge is 0.330 e. The van der Waals surface area contributed by atoms with Crippen LogP contribution in [0.4, 0.5) is 0 Å². The van der Waals surface area contributed by atoms with Gasteiger partial charge in [0.15, 0.2) is 6.04 Å². The summed E-state index contributed by atoms with van der Waals surface area (Å²) in [5.41, 5.74) is 2.85. The van der Waals surface area contributed by atoms with E-state index in [0.29, 0.717) is 25.0 Å². The van der Waals surface area contributed by atoms with Gasteiger partial charge >= 0.3 is 5.97 Å². The summed E-state index contributed by atoms with van der Waals surface area (Å²) in [6.07, 6.45) is 2.61. The predicted octanol–water partition coefficient (Wildman–Crippen LogP) is 3.56. The summed E-state index contributed by atoms with van der Waals surface area (Å²) in [5.74, 6) is -0.495. The molecule has 5 nitrogen and oxygen atoms in total. The molecule has 1 atom stereocenters. The summed E-state index contributed by atoms with van der Waals surface area (Å²) in [6, 6.07) is 6.43. The van der Waals surface area contributed by atoms with Crippen molar-refractivity contribution in [3.05, 3.63) is 50.7 Å². The summed E-state index contributed by atoms with van der Waals surface area (Å²) >= 11 is 1.76. The molecule has 0 aliphatic carbocycles. The zero-order valence-corrected chi connectivity index (χ0v) is 15.8. The van der Waals surface area contributed by atoms with Crippen LogP contribution in [0.2, 0.25) is 0 Å². The van der Waals surface area contributed by atoms with Gasteiger partial charge in [-0.05, 0) is 61.6 Å². The Morgan fingerprint density at radius 3 is 2.81 bits per heavy atom. The van der Waals surface area contributed by atoms with Crippen LogP contribution in [0.15, 0.2) is 24.3 Å². The van der Waals surface area contributed by atoms with Gasteiger partial charge < -0.3 is 15.2 Å². The van der Waals surface area contributed by atoms with Crippen LogP contribution in [0.5, 0.6) is 5.75 Å². The van der Waals surface area contributed by atoms with E-state index in [4.69, 9.17) is 4.74 Å². The number of carboxylic acids is 1. The third-order valence-electron chi connectivity index (χ3n) is 4.59. The number of ether oxygens (including phenoxy) is 1. The fourth-order valence-electron chi connectivity index (χ4n) is 3.28. The van der Waals surface area contributed by atoms with E-state index in [1.54, 1.807) is 23.5 Å². The van der Waals surface area contributed by atoms with Crippen molar-refractivity contribution in [3.63, 3.8) is 0 Å². The van der Waals surface area contributed by atoms with Crippen LogP contribution < -0.4 is 10.1 Å². The lowest BCUT2D eigenvalue weighted by Crippen LogP contribution is -2.33. The minimum absolute atomic E-state index is 0.237. The molecule has 2 heterocycles. The molecule has 0 saturated carbocycles. The highest BCUT2D eigenvalue weighted by molar-refractivity contribution is 7.12. The second-order valence-electron chi connectivity index (χ2n) is 6.60. The summed E-state index contributed by atoms with van der Waals surface area (Å²) in [7, 11) is 0. The van der Waals surface area contributed by atoms with Gasteiger partial charge in [0, 0.05) is 22.6 Å². The summed E-state index contributed by atoms with van der Waals surface area (Å²) in [5, 5.41) is 12.2. The SMILES string of the molecule is Cc1cc(CCCC(=O)NC(C(=O)O)c2ccc3c(c2)CCO3)c(C)s1. The van der Waals surface area contributed by atoms with Crippen molar-refractivity contribution in [3.8, 4) is 5.75 Å². The fraction of sp³-hybridized carbons (Fsp3) is 0.400. The van der Waals surface area contributed by atoms with Crippen molar-refractivity contribution < 1.29 is 19.4 Å². The predicted molar refractivity (Wildman–Crippen MR) is 101 cm³/mol. The van der Waals surface area contributed by atoms with Crippen molar-refractivity contribution >= 4 is 23.2 Å². The molecule has 26 heavy (non-hydrogen) atoms. The van der Waals surface area contributed by atoms with Crippen molar-refractivity contribution in [2.75, 3.05) is 6.61 Å². The molecule has 1 amide bonds. The van der Waals surface area contributed by atoms with E-state index in [1.165, 1.54) is 15.3 Å². The molecule has 1 aliphatic heterocycles. The van der Waals surface area contributed by atoms with Crippen LogP contribution in [0.25, 0.3) is 0 Å². The Labute approximate surface area is 157 Å². The number of hydrogen-bond donors (Lipinski definition) is 2. The Morgan fingerprint density at radius 2 is 2.12 bits per heavy atom. The Kier molecular flexibility index (Phi) is 5.61. The van der Waals surface area contributed by atoms with Gasteiger partial charge in [0.2, 0.25) is 5.91 Å². The van der Waals surface area contributed by atoms with Crippen molar-refractivity contribution in [1.82, 2.24) is 5.32 Å². The number of benzene rings is 1. The number of hydrogen-bond acceptors (Lipinski definition) is 4. The van der Waals surface area contributed by atoms with Gasteiger partial charge in [0.05, 0.1) is 6.61 Å². The standard InChI is InChI=1S/C20H23NO4S/c1-12-10-14(13(2)26-12)4-3-5-18(22)21-19(20(23)24)16-6-7-17-15(11-16)8-9-25-17/h6-7,10-11,19H,3-5,8-9H2,1-2H3,(H,21,22)(H,23,24). The minimum Gasteiger partial charge on any atom is -0.493 e. The molecule has 0 radical (unpaired) electrons. The zero-order valence-electron chi connectivity index (χ0n) is 15.0. The van der Waals surface area contributed by atoms with Gasteiger partial charge in [0.1, 0.15) is 5.75 Å². The maximum atomic E-state index is 12.2. The molecule has 0 spiro atoms. The molecule has 0 fully saturated rings. The molecule has 1 unspecified atom stereocenters. The number of amides is 1. The van der Waals surface area contributed by atoms with E-state index in [1.807, 2.05) is 6.07 Å². The molecule has 138 valence electrons. The van der Waals surface area contributed by atoms with Crippen LogP contribution in [-0.2, 0) is 22.4 Å². The molecule has 1 aromatic heterocycles. The molecule has 0 saturated heterocycles. The maximum absolute atomic E-state index is 12.2. The van der Waals surface area contributed by atoms with Gasteiger partial charge in [0.25, 0.3) is 0 Å². The first-order valence-corrected chi connectivity index (χ1v) is 9.59. The van der Waals surface area contributed by atoms with Gasteiger partial charge in [-0.25, -0.2) is 4.79 Å². The molecule has 3 rings (SSSR count). The van der Waals surface area contributed by atoms with Crippen LogP contribution in [0.3, 0.4) is 0 Å². The number of fused-ring (bicyclic) bond motifs is 1. The number of rotatable bonds is 7. The molecule has 1 aromatic carbocycles. The van der Waals surface area contributed by atoms with E-state index < -0.39 is 12.0 Å². The summed E-state index contributed by atoms with van der Waals surface area (Å²) in [4.78, 5) is 26.4. The third-order valence-corrected chi connectivity index (χ3v) is 5.60. The lowest BCUT2D eigenvalue weighted by atomic mass is 10.0. The first-order valence-electron chi connectivity index (χ1n) is 8.77. The lowest BCUT2D eigenvalue weighted by Gasteiger charge is -2.16. The summed E-state index contributed by atoms with van der Waals surface area (Å²) < 4.78 is 5.45. The molecule has 1 aliphatic rings. The largest absolute Gasteiger partial charge is 0.493 e. The first-order chi connectivity index (χ1) is 12.4. The van der Waals surface area contributed by atoms with Crippen molar-refractivity contribution in [1.29, 1.82) is 0 Å².